The predicted molar refractivity (Wildman–Crippen MR) is 72.7 cm³/mol. The summed E-state index contributed by atoms with van der Waals surface area (Å²) in [5.74, 6) is 0.212. The number of anilines is 1. The Morgan fingerprint density at radius 2 is 1.82 bits per heavy atom. The standard InChI is InChI=1S/C13H18N2O.ClH/c1-10-9-12(14(2)3)13(16)15(10)11-7-5-4-6-8-11;/h4-8,10,12H,9H2,1-3H3;1H/t10-,12+;/m0./s1. The summed E-state index contributed by atoms with van der Waals surface area (Å²) in [5, 5.41) is 0. The molecule has 0 radical (unpaired) electrons. The molecule has 1 fully saturated rings. The molecular weight excluding hydrogens is 236 g/mol. The fraction of sp³-hybridized carbons (Fsp3) is 0.462. The molecule has 17 heavy (non-hydrogen) atoms. The van der Waals surface area contributed by atoms with Gasteiger partial charge < -0.3 is 4.90 Å². The van der Waals surface area contributed by atoms with E-state index in [0.717, 1.165) is 12.1 Å². The molecule has 1 aliphatic heterocycles. The lowest BCUT2D eigenvalue weighted by atomic mass is 10.2. The molecule has 0 aliphatic carbocycles. The molecule has 1 amide bonds. The van der Waals surface area contributed by atoms with Crippen molar-refractivity contribution >= 4 is 24.0 Å². The molecule has 0 saturated carbocycles. The predicted octanol–water partition coefficient (Wildman–Crippen LogP) is 2.16. The smallest absolute Gasteiger partial charge is 0.244 e. The average molecular weight is 255 g/mol. The molecule has 1 heterocycles. The van der Waals surface area contributed by atoms with E-state index in [9.17, 15) is 4.79 Å². The first-order valence-corrected chi connectivity index (χ1v) is 5.66. The van der Waals surface area contributed by atoms with Gasteiger partial charge in [0, 0.05) is 11.7 Å². The van der Waals surface area contributed by atoms with E-state index in [4.69, 9.17) is 0 Å². The highest BCUT2D eigenvalue weighted by Gasteiger charge is 2.38. The quantitative estimate of drug-likeness (QED) is 0.808. The lowest BCUT2D eigenvalue weighted by molar-refractivity contribution is -0.120. The Kier molecular flexibility index (Phi) is 4.54. The number of carbonyl (C=O) groups excluding carboxylic acids is 1. The zero-order chi connectivity index (χ0) is 11.7. The zero-order valence-electron chi connectivity index (χ0n) is 10.5. The van der Waals surface area contributed by atoms with Crippen LogP contribution in [0, 0.1) is 0 Å². The molecule has 2 atom stereocenters. The molecule has 4 heteroatoms. The van der Waals surface area contributed by atoms with Gasteiger partial charge in [-0.15, -0.1) is 12.4 Å². The summed E-state index contributed by atoms with van der Waals surface area (Å²) < 4.78 is 0. The topological polar surface area (TPSA) is 23.6 Å². The number of nitrogens with zero attached hydrogens (tertiary/aromatic N) is 2. The van der Waals surface area contributed by atoms with Gasteiger partial charge in [0.05, 0.1) is 6.04 Å². The van der Waals surface area contributed by atoms with E-state index in [2.05, 4.69) is 6.92 Å². The highest BCUT2D eigenvalue weighted by atomic mass is 35.5. The van der Waals surface area contributed by atoms with Crippen LogP contribution in [0.3, 0.4) is 0 Å². The van der Waals surface area contributed by atoms with Gasteiger partial charge in [0.2, 0.25) is 5.91 Å². The van der Waals surface area contributed by atoms with Crippen LogP contribution in [0.2, 0.25) is 0 Å². The van der Waals surface area contributed by atoms with E-state index in [0.29, 0.717) is 0 Å². The highest BCUT2D eigenvalue weighted by Crippen LogP contribution is 2.27. The van der Waals surface area contributed by atoms with Gasteiger partial charge in [-0.05, 0) is 39.6 Å². The van der Waals surface area contributed by atoms with E-state index in [1.165, 1.54) is 0 Å². The van der Waals surface area contributed by atoms with Crippen LogP contribution < -0.4 is 4.90 Å². The van der Waals surface area contributed by atoms with Crippen LogP contribution in [-0.2, 0) is 4.79 Å². The first-order valence-electron chi connectivity index (χ1n) is 5.66. The maximum atomic E-state index is 12.2. The van der Waals surface area contributed by atoms with Crippen molar-refractivity contribution in [3.8, 4) is 0 Å². The van der Waals surface area contributed by atoms with Crippen molar-refractivity contribution in [2.75, 3.05) is 19.0 Å². The van der Waals surface area contributed by atoms with Crippen molar-refractivity contribution in [3.05, 3.63) is 30.3 Å². The summed E-state index contributed by atoms with van der Waals surface area (Å²) in [6.45, 7) is 2.11. The molecule has 3 nitrogen and oxygen atoms in total. The molecule has 0 aromatic heterocycles. The number of hydrogen-bond donors (Lipinski definition) is 0. The van der Waals surface area contributed by atoms with Gasteiger partial charge in [-0.3, -0.25) is 9.69 Å². The number of halogens is 1. The number of rotatable bonds is 2. The second-order valence-corrected chi connectivity index (χ2v) is 4.61. The Labute approximate surface area is 109 Å². The van der Waals surface area contributed by atoms with Gasteiger partial charge in [0.15, 0.2) is 0 Å². The number of carbonyl (C=O) groups is 1. The minimum atomic E-state index is 0. The van der Waals surface area contributed by atoms with Crippen LogP contribution in [0.1, 0.15) is 13.3 Å². The van der Waals surface area contributed by atoms with E-state index >= 15 is 0 Å². The van der Waals surface area contributed by atoms with E-state index in [1.807, 2.05) is 54.2 Å². The van der Waals surface area contributed by atoms with E-state index in [1.54, 1.807) is 0 Å². The maximum absolute atomic E-state index is 12.2. The van der Waals surface area contributed by atoms with Crippen LogP contribution >= 0.6 is 12.4 Å². The SMILES string of the molecule is C[C@H]1C[C@@H](N(C)C)C(=O)N1c1ccccc1.Cl. The fourth-order valence-corrected chi connectivity index (χ4v) is 2.31. The van der Waals surface area contributed by atoms with Crippen molar-refractivity contribution in [2.24, 2.45) is 0 Å². The van der Waals surface area contributed by atoms with Crippen molar-refractivity contribution in [3.63, 3.8) is 0 Å². The molecule has 2 rings (SSSR count). The molecule has 0 N–H and O–H groups in total. The average Bonchev–Trinajstić information content (AvgIpc) is 2.56. The maximum Gasteiger partial charge on any atom is 0.244 e. The third kappa shape index (κ3) is 2.61. The third-order valence-electron chi connectivity index (χ3n) is 3.19. The third-order valence-corrected chi connectivity index (χ3v) is 3.19. The van der Waals surface area contributed by atoms with Gasteiger partial charge in [-0.2, -0.15) is 0 Å². The summed E-state index contributed by atoms with van der Waals surface area (Å²) >= 11 is 0. The number of para-hydroxylation sites is 1. The molecule has 0 spiro atoms. The van der Waals surface area contributed by atoms with Crippen LogP contribution in [0.25, 0.3) is 0 Å². The Balaban J connectivity index is 0.00000144. The second-order valence-electron chi connectivity index (χ2n) is 4.61. The van der Waals surface area contributed by atoms with Gasteiger partial charge in [0.1, 0.15) is 0 Å². The van der Waals surface area contributed by atoms with Gasteiger partial charge in [-0.25, -0.2) is 0 Å². The minimum Gasteiger partial charge on any atom is -0.308 e. The molecule has 0 unspecified atom stereocenters. The highest BCUT2D eigenvalue weighted by molar-refractivity contribution is 6.00. The lowest BCUT2D eigenvalue weighted by Gasteiger charge is -2.22. The first-order chi connectivity index (χ1) is 7.61. The monoisotopic (exact) mass is 254 g/mol. The number of benzene rings is 1. The summed E-state index contributed by atoms with van der Waals surface area (Å²) in [7, 11) is 3.92. The Morgan fingerprint density at radius 3 is 2.29 bits per heavy atom. The molecule has 1 aromatic carbocycles. The van der Waals surface area contributed by atoms with Crippen LogP contribution in [0.4, 0.5) is 5.69 Å². The Morgan fingerprint density at radius 1 is 1.24 bits per heavy atom. The molecule has 94 valence electrons. The number of amides is 1. The summed E-state index contributed by atoms with van der Waals surface area (Å²) in [5.41, 5.74) is 1.00. The van der Waals surface area contributed by atoms with Gasteiger partial charge in [-0.1, -0.05) is 18.2 Å². The molecule has 1 aliphatic rings. The molecule has 0 bridgehead atoms. The lowest BCUT2D eigenvalue weighted by Crippen LogP contribution is -2.38. The Bertz CT molecular complexity index is 380. The molecule has 1 aromatic rings. The summed E-state index contributed by atoms with van der Waals surface area (Å²) in [6.07, 6.45) is 0.903. The van der Waals surface area contributed by atoms with Gasteiger partial charge in [0.25, 0.3) is 0 Å². The largest absolute Gasteiger partial charge is 0.308 e. The van der Waals surface area contributed by atoms with Crippen LogP contribution in [0.15, 0.2) is 30.3 Å². The van der Waals surface area contributed by atoms with Crippen molar-refractivity contribution in [2.45, 2.75) is 25.4 Å². The summed E-state index contributed by atoms with van der Waals surface area (Å²) in [6, 6.07) is 10.2. The second kappa shape index (κ2) is 5.52. The van der Waals surface area contributed by atoms with Crippen molar-refractivity contribution in [1.82, 2.24) is 4.90 Å². The van der Waals surface area contributed by atoms with Crippen molar-refractivity contribution in [1.29, 1.82) is 0 Å². The molecule has 1 saturated heterocycles. The minimum absolute atomic E-state index is 0. The summed E-state index contributed by atoms with van der Waals surface area (Å²) in [4.78, 5) is 16.2. The normalized spacial score (nSPS) is 24.0. The molecular formula is C13H19ClN2O. The van der Waals surface area contributed by atoms with E-state index in [-0.39, 0.29) is 30.4 Å². The zero-order valence-corrected chi connectivity index (χ0v) is 11.3. The van der Waals surface area contributed by atoms with E-state index < -0.39 is 0 Å². The Hall–Kier alpha value is -1.06. The first kappa shape index (κ1) is 14.0. The van der Waals surface area contributed by atoms with Gasteiger partial charge >= 0.3 is 0 Å². The van der Waals surface area contributed by atoms with Crippen LogP contribution in [0.5, 0.6) is 0 Å². The number of likely N-dealkylation sites (N-methyl/N-ethyl adjacent to an activating group) is 1. The number of hydrogen-bond acceptors (Lipinski definition) is 2. The van der Waals surface area contributed by atoms with Crippen molar-refractivity contribution < 1.29 is 4.79 Å². The fourth-order valence-electron chi connectivity index (χ4n) is 2.31. The van der Waals surface area contributed by atoms with Crippen LogP contribution in [-0.4, -0.2) is 37.0 Å².